The Kier molecular flexibility index (Phi) is 9.74. The van der Waals surface area contributed by atoms with E-state index in [1.54, 1.807) is 43.4 Å². The van der Waals surface area contributed by atoms with Crippen LogP contribution in [0.5, 0.6) is 0 Å². The number of allylic oxidation sites excluding steroid dienone is 2. The van der Waals surface area contributed by atoms with Crippen molar-refractivity contribution in [2.45, 2.75) is 115 Å². The molecule has 3 fully saturated rings. The number of hydrogen-bond acceptors (Lipinski definition) is 11. The van der Waals surface area contributed by atoms with Gasteiger partial charge in [-0.2, -0.15) is 0 Å². The second kappa shape index (κ2) is 14.0. The minimum atomic E-state index is -1.96. The molecule has 52 heavy (non-hydrogen) atoms. The number of aliphatic hydroxyl groups is 1. The molecule has 2 aromatic heterocycles. The van der Waals surface area contributed by atoms with Gasteiger partial charge in [0.2, 0.25) is 0 Å². The van der Waals surface area contributed by atoms with Gasteiger partial charge in [-0.15, -0.1) is 9.78 Å². The third-order valence-electron chi connectivity index (χ3n) is 11.4. The van der Waals surface area contributed by atoms with Crippen LogP contribution >= 0.6 is 0 Å². The number of carbonyl (C=O) groups excluding carboxylic acids is 3. The van der Waals surface area contributed by atoms with Gasteiger partial charge in [0.1, 0.15) is 23.7 Å². The highest BCUT2D eigenvalue weighted by Crippen LogP contribution is 2.46. The van der Waals surface area contributed by atoms with E-state index < -0.39 is 71.2 Å². The topological polar surface area (TPSA) is 157 Å². The predicted octanol–water partition coefficient (Wildman–Crippen LogP) is 4.61. The van der Waals surface area contributed by atoms with Crippen molar-refractivity contribution >= 4 is 23.5 Å². The third kappa shape index (κ3) is 6.41. The summed E-state index contributed by atoms with van der Waals surface area (Å²) in [5.41, 5.74) is -0.927. The number of nitrogens with zero attached hydrogens (tertiary/aromatic N) is 3. The smallest absolute Gasteiger partial charge is 0.440 e. The molecule has 0 unspecified atom stereocenters. The molecule has 7 rings (SSSR count). The van der Waals surface area contributed by atoms with Gasteiger partial charge >= 0.3 is 17.8 Å². The summed E-state index contributed by atoms with van der Waals surface area (Å²) in [6, 6.07) is 5.01. The number of ketones is 1. The van der Waals surface area contributed by atoms with Crippen molar-refractivity contribution in [2.75, 3.05) is 6.61 Å². The molecular weight excluding hydrogens is 670 g/mol. The van der Waals surface area contributed by atoms with Crippen LogP contribution in [-0.2, 0) is 33.3 Å². The van der Waals surface area contributed by atoms with Gasteiger partial charge in [-0.3, -0.25) is 9.59 Å². The van der Waals surface area contributed by atoms with Crippen LogP contribution in [0, 0.1) is 17.8 Å². The van der Waals surface area contributed by atoms with Crippen molar-refractivity contribution in [1.29, 1.82) is 0 Å². The van der Waals surface area contributed by atoms with E-state index in [0.29, 0.717) is 58.6 Å². The first-order chi connectivity index (χ1) is 24.8. The van der Waals surface area contributed by atoms with Crippen molar-refractivity contribution in [2.24, 2.45) is 17.8 Å². The lowest BCUT2D eigenvalue weighted by molar-refractivity contribution is -0.335. The summed E-state index contributed by atoms with van der Waals surface area (Å²) < 4.78 is 33.5. The Morgan fingerprint density at radius 1 is 1.13 bits per heavy atom. The van der Waals surface area contributed by atoms with E-state index in [4.69, 9.17) is 23.7 Å². The summed E-state index contributed by atoms with van der Waals surface area (Å²) in [7, 11) is 0. The fraction of sp³-hybridized carbons (Fsp3) is 0.564. The molecule has 3 saturated heterocycles. The molecule has 4 aliphatic heterocycles. The first-order valence-corrected chi connectivity index (χ1v) is 18.3. The van der Waals surface area contributed by atoms with Gasteiger partial charge in [-0.25, -0.2) is 14.0 Å². The lowest BCUT2D eigenvalue weighted by Gasteiger charge is -2.49. The zero-order valence-electron chi connectivity index (χ0n) is 30.2. The Morgan fingerprint density at radius 2 is 1.94 bits per heavy atom. The van der Waals surface area contributed by atoms with Crippen molar-refractivity contribution in [3.05, 3.63) is 82.0 Å². The van der Waals surface area contributed by atoms with E-state index in [0.717, 1.165) is 12.8 Å². The first-order valence-electron chi connectivity index (χ1n) is 18.3. The van der Waals surface area contributed by atoms with Gasteiger partial charge in [-0.1, -0.05) is 57.2 Å². The standard InChI is InChI=1S/C39H47N3O10/c1-6-30-22(2)15-16-38(52-30)20-28-19-27(51-38)14-13-24(4)33(50-37(46)42-36(45)41-17-8-7-12-31(41)40-42)23(3)10-9-11-26-21-48-34-32(43)25(5)18-29(35(44)49-28)39(26,34)47/h7-13,17-18,22-23,27-30,33-34,47H,6,14-16,19-21H2,1-5H3/b10-9+,24-13+,26-11+/t22-,23-,27+,28-,29-,30+,33+,34+,38+,39+/m0/s1. The monoisotopic (exact) mass is 717 g/mol. The second-order valence-corrected chi connectivity index (χ2v) is 15.0. The molecule has 0 saturated carbocycles. The molecule has 0 amide bonds. The number of rotatable bonds is 2. The summed E-state index contributed by atoms with van der Waals surface area (Å²) in [4.78, 5) is 53.9. The minimum absolute atomic E-state index is 0.0295. The van der Waals surface area contributed by atoms with E-state index in [1.807, 2.05) is 19.9 Å². The Labute approximate surface area is 301 Å². The maximum atomic E-state index is 14.1. The molecule has 0 aromatic carbocycles. The SMILES string of the molecule is CC[C@H]1O[C@]2(CC[C@@H]1C)C[C@@H]1C[C@@H](C/C=C(\C)[C@H](OC(=O)n3nc4ccccn4c3=O)[C@@H](C)/C=C/C=C3\CO[C@@H]4C(=O)C(C)=C[C@@H](C(=O)O1)[C@]34O)O2. The first kappa shape index (κ1) is 36.2. The van der Waals surface area contributed by atoms with Crippen LogP contribution in [0.15, 0.2) is 76.3 Å². The van der Waals surface area contributed by atoms with Gasteiger partial charge in [0.25, 0.3) is 0 Å². The second-order valence-electron chi connectivity index (χ2n) is 15.0. The Hall–Kier alpha value is -4.17. The van der Waals surface area contributed by atoms with E-state index in [-0.39, 0.29) is 12.7 Å². The summed E-state index contributed by atoms with van der Waals surface area (Å²) in [5, 5.41) is 16.4. The highest BCUT2D eigenvalue weighted by molar-refractivity contribution is 6.03. The van der Waals surface area contributed by atoms with Gasteiger partial charge in [0.15, 0.2) is 23.3 Å². The molecule has 1 spiro atoms. The van der Waals surface area contributed by atoms with Crippen LogP contribution in [0.4, 0.5) is 4.79 Å². The van der Waals surface area contributed by atoms with Crippen LogP contribution in [0.3, 0.4) is 0 Å². The van der Waals surface area contributed by atoms with Crippen LogP contribution in [0.25, 0.3) is 5.65 Å². The average Bonchev–Trinajstić information content (AvgIpc) is 3.65. The molecule has 1 N–H and O–H groups in total. The van der Waals surface area contributed by atoms with E-state index in [1.165, 1.54) is 16.7 Å². The Morgan fingerprint density at radius 3 is 2.71 bits per heavy atom. The van der Waals surface area contributed by atoms with E-state index >= 15 is 0 Å². The van der Waals surface area contributed by atoms with Gasteiger partial charge in [-0.05, 0) is 67.9 Å². The van der Waals surface area contributed by atoms with Crippen molar-refractivity contribution < 1.29 is 43.2 Å². The van der Waals surface area contributed by atoms with Crippen LogP contribution in [-0.4, -0.2) is 85.6 Å². The number of fused-ring (bicyclic) bond motifs is 3. The maximum absolute atomic E-state index is 14.1. The number of esters is 1. The number of pyridine rings is 1. The molecule has 278 valence electrons. The molecule has 13 heteroatoms. The molecule has 1 aliphatic carbocycles. The normalized spacial score (nSPS) is 39.5. The van der Waals surface area contributed by atoms with Gasteiger partial charge < -0.3 is 28.8 Å². The highest BCUT2D eigenvalue weighted by Gasteiger charge is 2.60. The molecule has 0 radical (unpaired) electrons. The molecular formula is C39H47N3O10. The van der Waals surface area contributed by atoms with E-state index in [9.17, 15) is 24.3 Å². The van der Waals surface area contributed by atoms with E-state index in [2.05, 4.69) is 18.9 Å². The fourth-order valence-corrected chi connectivity index (χ4v) is 8.42. The Bertz CT molecular complexity index is 1940. The van der Waals surface area contributed by atoms with Crippen LogP contribution < -0.4 is 5.69 Å². The summed E-state index contributed by atoms with van der Waals surface area (Å²) in [6.07, 6.45) is 9.40. The maximum Gasteiger partial charge on any atom is 0.440 e. The average molecular weight is 718 g/mol. The number of Topliss-reactive ketones (excluding diaryl/α,β-unsaturated/α-hetero) is 1. The lowest BCUT2D eigenvalue weighted by atomic mass is 9.71. The van der Waals surface area contributed by atoms with Gasteiger partial charge in [0, 0.05) is 31.4 Å². The zero-order valence-corrected chi connectivity index (χ0v) is 30.2. The molecule has 5 aliphatic rings. The summed E-state index contributed by atoms with van der Waals surface area (Å²) >= 11 is 0. The number of ether oxygens (including phenoxy) is 5. The van der Waals surface area contributed by atoms with Crippen molar-refractivity contribution in [3.63, 3.8) is 0 Å². The van der Waals surface area contributed by atoms with Crippen molar-refractivity contribution in [1.82, 2.24) is 14.2 Å². The summed E-state index contributed by atoms with van der Waals surface area (Å²) in [6.45, 7) is 9.50. The molecule has 2 bridgehead atoms. The molecule has 13 nitrogen and oxygen atoms in total. The number of hydrogen-bond donors (Lipinski definition) is 1. The quantitative estimate of drug-likeness (QED) is 0.342. The fourth-order valence-electron chi connectivity index (χ4n) is 8.42. The molecule has 6 heterocycles. The zero-order chi connectivity index (χ0) is 36.9. The molecule has 2 aromatic rings. The largest absolute Gasteiger partial charge is 0.462 e. The number of aromatic nitrogens is 3. The molecule has 10 atom stereocenters. The predicted molar refractivity (Wildman–Crippen MR) is 187 cm³/mol. The van der Waals surface area contributed by atoms with Crippen LogP contribution in [0.2, 0.25) is 0 Å². The lowest BCUT2D eigenvalue weighted by Crippen LogP contribution is -2.57. The van der Waals surface area contributed by atoms with Crippen molar-refractivity contribution in [3.8, 4) is 0 Å². The van der Waals surface area contributed by atoms with Crippen LogP contribution in [0.1, 0.15) is 73.1 Å². The summed E-state index contributed by atoms with van der Waals surface area (Å²) in [5.74, 6) is -3.28. The third-order valence-corrected chi connectivity index (χ3v) is 11.4. The Balaban J connectivity index is 1.27. The highest BCUT2D eigenvalue weighted by atomic mass is 16.7. The van der Waals surface area contributed by atoms with Gasteiger partial charge in [0.05, 0.1) is 18.8 Å². The number of carbonyl (C=O) groups is 3. The minimum Gasteiger partial charge on any atom is -0.462 e.